The van der Waals surface area contributed by atoms with Gasteiger partial charge < -0.3 is 4.74 Å². The summed E-state index contributed by atoms with van der Waals surface area (Å²) in [4.78, 5) is 21.8. The highest BCUT2D eigenvalue weighted by Crippen LogP contribution is 2.35. The lowest BCUT2D eigenvalue weighted by Crippen LogP contribution is -2.11. The van der Waals surface area contributed by atoms with Gasteiger partial charge in [0.25, 0.3) is 0 Å². The number of carbonyl (C=O) groups excluding carboxylic acids is 2. The average Bonchev–Trinajstić information content (AvgIpc) is 2.44. The molecule has 0 saturated heterocycles. The second-order valence-electron chi connectivity index (χ2n) is 3.89. The molecule has 0 aromatic heterocycles. The molecule has 0 aliphatic heterocycles. The van der Waals surface area contributed by atoms with Gasteiger partial charge in [0.15, 0.2) is 0 Å². The largest absolute Gasteiger partial charge is 0.426 e. The molecule has 0 aliphatic carbocycles. The van der Waals surface area contributed by atoms with Crippen molar-refractivity contribution in [3.8, 4) is 5.75 Å². The zero-order valence-electron chi connectivity index (χ0n) is 14.1. The van der Waals surface area contributed by atoms with Gasteiger partial charge >= 0.3 is 12.1 Å². The highest BCUT2D eigenvalue weighted by molar-refractivity contribution is 6.63. The number of halogens is 4. The van der Waals surface area contributed by atoms with Gasteiger partial charge in [0.1, 0.15) is 5.75 Å². The maximum Gasteiger partial charge on any atom is 0.416 e. The van der Waals surface area contributed by atoms with E-state index in [1.807, 2.05) is 27.7 Å². The Morgan fingerprint density at radius 2 is 1.61 bits per heavy atom. The Hall–Kier alpha value is -1.56. The van der Waals surface area contributed by atoms with Crippen LogP contribution in [0.5, 0.6) is 5.75 Å². The van der Waals surface area contributed by atoms with Crippen molar-refractivity contribution in [3.05, 3.63) is 28.8 Å². The van der Waals surface area contributed by atoms with Crippen LogP contribution < -0.4 is 4.74 Å². The number of carbonyl (C=O) groups is 2. The third kappa shape index (κ3) is 8.59. The molecule has 7 heteroatoms. The van der Waals surface area contributed by atoms with Crippen molar-refractivity contribution >= 4 is 22.8 Å². The summed E-state index contributed by atoms with van der Waals surface area (Å²) in [6, 6.07) is 1.56. The molecule has 0 saturated carbocycles. The highest BCUT2D eigenvalue weighted by Gasteiger charge is 2.32. The summed E-state index contributed by atoms with van der Waals surface area (Å²) >= 11 is 5.22. The van der Waals surface area contributed by atoms with Crippen LogP contribution in [0.25, 0.3) is 0 Å². The van der Waals surface area contributed by atoms with Gasteiger partial charge in [0.05, 0.1) is 12.0 Å². The van der Waals surface area contributed by atoms with Gasteiger partial charge in [-0.25, -0.2) is 0 Å². The maximum absolute atomic E-state index is 12.6. The molecule has 132 valence electrons. The van der Waals surface area contributed by atoms with Gasteiger partial charge in [-0.3, -0.25) is 9.59 Å². The maximum atomic E-state index is 12.6. The zero-order chi connectivity index (χ0) is 18.8. The van der Waals surface area contributed by atoms with E-state index < -0.39 is 23.0 Å². The Balaban J connectivity index is 0. The minimum Gasteiger partial charge on any atom is -0.426 e. The number of esters is 1. The Kier molecular flexibility index (Phi) is 11.4. The number of alkyl halides is 3. The van der Waals surface area contributed by atoms with E-state index in [-0.39, 0.29) is 23.3 Å². The van der Waals surface area contributed by atoms with E-state index >= 15 is 0 Å². The molecule has 0 spiro atoms. The van der Waals surface area contributed by atoms with Crippen LogP contribution in [-0.4, -0.2) is 11.2 Å². The molecule has 0 heterocycles. The van der Waals surface area contributed by atoms with E-state index in [0.717, 1.165) is 13.0 Å². The highest BCUT2D eigenvalue weighted by atomic mass is 35.5. The van der Waals surface area contributed by atoms with Crippen LogP contribution in [0.4, 0.5) is 13.2 Å². The first-order valence-electron chi connectivity index (χ1n) is 7.18. The van der Waals surface area contributed by atoms with Crippen molar-refractivity contribution in [2.75, 3.05) is 0 Å². The van der Waals surface area contributed by atoms with Gasteiger partial charge in [-0.05, 0) is 36.2 Å². The topological polar surface area (TPSA) is 43.4 Å². The predicted molar refractivity (Wildman–Crippen MR) is 84.8 cm³/mol. The molecule has 1 aromatic carbocycles. The van der Waals surface area contributed by atoms with Crippen molar-refractivity contribution in [3.63, 3.8) is 0 Å². The lowest BCUT2D eigenvalue weighted by molar-refractivity contribution is -0.138. The fraction of sp³-hybridized carbons (Fsp3) is 0.500. The summed E-state index contributed by atoms with van der Waals surface area (Å²) in [6.45, 7) is 10.4. The minimum atomic E-state index is -4.57. The Bertz CT molecular complexity index is 526. The standard InChI is InChI=1S/C12H10ClF3O3.2C2H6/c1-6-3-8(12(14,15)16)4-10(19-7(2)17)9(6)5-11(13)18;2*1-2/h3-4H,5H2,1-2H3;2*1-2H3. The zero-order valence-corrected chi connectivity index (χ0v) is 14.9. The molecule has 0 bridgehead atoms. The molecule has 23 heavy (non-hydrogen) atoms. The number of hydrogen-bond acceptors (Lipinski definition) is 3. The SMILES string of the molecule is CC.CC.CC(=O)Oc1cc(C(F)(F)F)cc(C)c1CC(=O)Cl. The summed E-state index contributed by atoms with van der Waals surface area (Å²) in [5.41, 5.74) is -0.602. The summed E-state index contributed by atoms with van der Waals surface area (Å²) in [5, 5.41) is -0.753. The Labute approximate surface area is 139 Å². The second-order valence-corrected chi connectivity index (χ2v) is 4.31. The normalized spacial score (nSPS) is 9.83. The molecule has 0 unspecified atom stereocenters. The summed E-state index contributed by atoms with van der Waals surface area (Å²) < 4.78 is 42.7. The number of aryl methyl sites for hydroxylation is 1. The molecule has 0 aliphatic rings. The Morgan fingerprint density at radius 3 is 1.96 bits per heavy atom. The summed E-state index contributed by atoms with van der Waals surface area (Å²) in [6.07, 6.45) is -4.88. The molecular formula is C16H22ClF3O3. The molecule has 1 aromatic rings. The van der Waals surface area contributed by atoms with Gasteiger partial charge in [0.2, 0.25) is 5.24 Å². The molecule has 0 N–H and O–H groups in total. The number of rotatable bonds is 3. The van der Waals surface area contributed by atoms with Gasteiger partial charge in [0, 0.05) is 12.5 Å². The van der Waals surface area contributed by atoms with Crippen LogP contribution in [0.15, 0.2) is 12.1 Å². The summed E-state index contributed by atoms with van der Waals surface area (Å²) in [7, 11) is 0. The first kappa shape index (κ1) is 23.7. The minimum absolute atomic E-state index is 0.170. The number of ether oxygens (including phenoxy) is 1. The average molecular weight is 355 g/mol. The van der Waals surface area contributed by atoms with E-state index in [2.05, 4.69) is 0 Å². The van der Waals surface area contributed by atoms with Gasteiger partial charge in [-0.2, -0.15) is 13.2 Å². The van der Waals surface area contributed by atoms with Crippen molar-refractivity contribution in [1.29, 1.82) is 0 Å². The number of hydrogen-bond donors (Lipinski definition) is 0. The first-order valence-corrected chi connectivity index (χ1v) is 7.56. The quantitative estimate of drug-likeness (QED) is 0.420. The van der Waals surface area contributed by atoms with Crippen LogP contribution in [0, 0.1) is 6.92 Å². The predicted octanol–water partition coefficient (Wildman–Crippen LogP) is 5.30. The van der Waals surface area contributed by atoms with Crippen LogP contribution in [0.2, 0.25) is 0 Å². The summed E-state index contributed by atoms with van der Waals surface area (Å²) in [5.74, 6) is -1.07. The first-order chi connectivity index (χ1) is 10.6. The van der Waals surface area contributed by atoms with E-state index in [4.69, 9.17) is 16.3 Å². The van der Waals surface area contributed by atoms with Gasteiger partial charge in [-0.1, -0.05) is 27.7 Å². The van der Waals surface area contributed by atoms with Crippen molar-refractivity contribution in [2.45, 2.75) is 54.1 Å². The second kappa shape index (κ2) is 11.0. The van der Waals surface area contributed by atoms with Crippen LogP contribution >= 0.6 is 11.6 Å². The van der Waals surface area contributed by atoms with E-state index in [0.29, 0.717) is 6.07 Å². The van der Waals surface area contributed by atoms with Crippen LogP contribution in [-0.2, 0) is 22.2 Å². The van der Waals surface area contributed by atoms with Crippen LogP contribution in [0.1, 0.15) is 51.3 Å². The van der Waals surface area contributed by atoms with Crippen molar-refractivity contribution in [1.82, 2.24) is 0 Å². The third-order valence-electron chi connectivity index (χ3n) is 2.33. The molecule has 0 fully saturated rings. The van der Waals surface area contributed by atoms with E-state index in [1.165, 1.54) is 6.92 Å². The lowest BCUT2D eigenvalue weighted by atomic mass is 10.0. The lowest BCUT2D eigenvalue weighted by Gasteiger charge is -2.15. The molecule has 1 rings (SSSR count). The Morgan fingerprint density at radius 1 is 1.13 bits per heavy atom. The number of benzene rings is 1. The molecule has 0 amide bonds. The van der Waals surface area contributed by atoms with E-state index in [1.54, 1.807) is 0 Å². The molecule has 0 atom stereocenters. The molecule has 0 radical (unpaired) electrons. The van der Waals surface area contributed by atoms with Crippen molar-refractivity contribution in [2.24, 2.45) is 0 Å². The van der Waals surface area contributed by atoms with Gasteiger partial charge in [-0.15, -0.1) is 0 Å². The fourth-order valence-electron chi connectivity index (χ4n) is 1.56. The molecular weight excluding hydrogens is 333 g/mol. The smallest absolute Gasteiger partial charge is 0.416 e. The van der Waals surface area contributed by atoms with E-state index in [9.17, 15) is 22.8 Å². The van der Waals surface area contributed by atoms with Crippen molar-refractivity contribution < 1.29 is 27.5 Å². The molecule has 3 nitrogen and oxygen atoms in total. The monoisotopic (exact) mass is 354 g/mol. The fourth-order valence-corrected chi connectivity index (χ4v) is 1.69. The third-order valence-corrected chi connectivity index (χ3v) is 2.46. The van der Waals surface area contributed by atoms with Crippen LogP contribution in [0.3, 0.4) is 0 Å².